The molecule has 2 aliphatic heterocycles. The van der Waals surface area contributed by atoms with Gasteiger partial charge in [-0.05, 0) is 55.0 Å². The van der Waals surface area contributed by atoms with Gasteiger partial charge in [0.15, 0.2) is 0 Å². The van der Waals surface area contributed by atoms with E-state index in [0.29, 0.717) is 45.7 Å². The molecule has 2 aromatic rings. The summed E-state index contributed by atoms with van der Waals surface area (Å²) in [5.74, 6) is 0.861. The number of carbonyl (C=O) groups is 2. The summed E-state index contributed by atoms with van der Waals surface area (Å²) in [6, 6.07) is 18.0. The molecule has 2 heterocycles. The molecule has 180 valence electrons. The third kappa shape index (κ3) is 5.86. The lowest BCUT2D eigenvalue weighted by Crippen LogP contribution is -2.48. The Morgan fingerprint density at radius 2 is 1.74 bits per heavy atom. The van der Waals surface area contributed by atoms with E-state index in [9.17, 15) is 9.59 Å². The zero-order chi connectivity index (χ0) is 23.8. The molecule has 0 saturated carbocycles. The van der Waals surface area contributed by atoms with Crippen molar-refractivity contribution in [3.63, 3.8) is 0 Å². The van der Waals surface area contributed by atoms with Crippen molar-refractivity contribution in [3.05, 3.63) is 71.8 Å². The molecule has 6 heteroatoms. The molecule has 0 unspecified atom stereocenters. The van der Waals surface area contributed by atoms with E-state index in [2.05, 4.69) is 17.4 Å². The van der Waals surface area contributed by atoms with Crippen LogP contribution in [0.3, 0.4) is 0 Å². The van der Waals surface area contributed by atoms with Crippen molar-refractivity contribution in [2.75, 3.05) is 40.0 Å². The standard InChI is InChI=1S/C28H34N2O4/c1-33-25-10-8-24(9-11-25)28(15-19-34-20-16-28)21-29-27(32)23-13-17-30(18-14-23)26(31)12-7-22-5-3-2-4-6-22/h2-12,23H,13-21H2,1H3,(H,29,32)/b12-7+. The molecule has 6 nitrogen and oxygen atoms in total. The van der Waals surface area contributed by atoms with Gasteiger partial charge in [0.05, 0.1) is 7.11 Å². The van der Waals surface area contributed by atoms with Crippen molar-refractivity contribution in [2.24, 2.45) is 5.92 Å². The van der Waals surface area contributed by atoms with Crippen molar-refractivity contribution in [2.45, 2.75) is 31.1 Å². The van der Waals surface area contributed by atoms with Crippen LogP contribution >= 0.6 is 0 Å². The van der Waals surface area contributed by atoms with Gasteiger partial charge in [0, 0.05) is 50.3 Å². The van der Waals surface area contributed by atoms with E-state index in [1.807, 2.05) is 53.4 Å². The van der Waals surface area contributed by atoms with Gasteiger partial charge in [0.1, 0.15) is 5.75 Å². The Balaban J connectivity index is 1.30. The SMILES string of the molecule is COc1ccc(C2(CNC(=O)C3CCN(C(=O)/C=C/c4ccccc4)CC3)CCOCC2)cc1. The van der Waals surface area contributed by atoms with Crippen LogP contribution in [0.5, 0.6) is 5.75 Å². The van der Waals surface area contributed by atoms with E-state index in [1.165, 1.54) is 5.56 Å². The molecule has 0 aromatic heterocycles. The van der Waals surface area contributed by atoms with E-state index in [1.54, 1.807) is 13.2 Å². The Morgan fingerprint density at radius 3 is 2.38 bits per heavy atom. The zero-order valence-corrected chi connectivity index (χ0v) is 19.9. The third-order valence-electron chi connectivity index (χ3n) is 7.15. The van der Waals surface area contributed by atoms with Crippen LogP contribution in [0, 0.1) is 5.92 Å². The quantitative estimate of drug-likeness (QED) is 0.636. The van der Waals surface area contributed by atoms with Crippen LogP contribution in [0.15, 0.2) is 60.7 Å². The number of methoxy groups -OCH3 is 1. The van der Waals surface area contributed by atoms with Crippen LogP contribution in [0.1, 0.15) is 36.8 Å². The second-order valence-corrected chi connectivity index (χ2v) is 9.18. The molecule has 0 radical (unpaired) electrons. The Bertz CT molecular complexity index is 973. The molecule has 2 fully saturated rings. The number of piperidine rings is 1. The fraction of sp³-hybridized carbons (Fsp3) is 0.429. The first-order valence-electron chi connectivity index (χ1n) is 12.1. The van der Waals surface area contributed by atoms with Crippen LogP contribution in [0.4, 0.5) is 0 Å². The number of likely N-dealkylation sites (tertiary alicyclic amines) is 1. The highest BCUT2D eigenvalue weighted by Crippen LogP contribution is 2.35. The van der Waals surface area contributed by atoms with E-state index < -0.39 is 0 Å². The highest BCUT2D eigenvalue weighted by molar-refractivity contribution is 5.92. The van der Waals surface area contributed by atoms with Crippen LogP contribution < -0.4 is 10.1 Å². The first-order valence-corrected chi connectivity index (χ1v) is 12.1. The molecule has 2 aliphatic rings. The van der Waals surface area contributed by atoms with Gasteiger partial charge < -0.3 is 19.7 Å². The van der Waals surface area contributed by atoms with Gasteiger partial charge in [-0.15, -0.1) is 0 Å². The highest BCUT2D eigenvalue weighted by atomic mass is 16.5. The number of amides is 2. The Hall–Kier alpha value is -3.12. The number of nitrogens with zero attached hydrogens (tertiary/aromatic N) is 1. The molecule has 0 bridgehead atoms. The minimum Gasteiger partial charge on any atom is -0.497 e. The molecular weight excluding hydrogens is 428 g/mol. The van der Waals surface area contributed by atoms with Gasteiger partial charge in [-0.2, -0.15) is 0 Å². The lowest BCUT2D eigenvalue weighted by Gasteiger charge is -2.38. The number of ether oxygens (including phenoxy) is 2. The Morgan fingerprint density at radius 1 is 1.06 bits per heavy atom. The predicted molar refractivity (Wildman–Crippen MR) is 133 cm³/mol. The van der Waals surface area contributed by atoms with E-state index >= 15 is 0 Å². The lowest BCUT2D eigenvalue weighted by atomic mass is 9.74. The molecular formula is C28H34N2O4. The lowest BCUT2D eigenvalue weighted by molar-refractivity contribution is -0.132. The van der Waals surface area contributed by atoms with Gasteiger partial charge in [-0.25, -0.2) is 0 Å². The number of rotatable bonds is 7. The summed E-state index contributed by atoms with van der Waals surface area (Å²) >= 11 is 0. The van der Waals surface area contributed by atoms with Crippen LogP contribution in [0.25, 0.3) is 6.08 Å². The molecule has 0 atom stereocenters. The van der Waals surface area contributed by atoms with Crippen molar-refractivity contribution >= 4 is 17.9 Å². The average Bonchev–Trinajstić information content (AvgIpc) is 2.91. The maximum absolute atomic E-state index is 13.0. The van der Waals surface area contributed by atoms with E-state index in [-0.39, 0.29) is 23.1 Å². The normalized spacial score (nSPS) is 18.6. The minimum atomic E-state index is -0.126. The highest BCUT2D eigenvalue weighted by Gasteiger charge is 2.36. The van der Waals surface area contributed by atoms with Gasteiger partial charge in [-0.3, -0.25) is 9.59 Å². The largest absolute Gasteiger partial charge is 0.497 e. The maximum Gasteiger partial charge on any atom is 0.246 e. The van der Waals surface area contributed by atoms with Crippen molar-refractivity contribution in [1.82, 2.24) is 10.2 Å². The maximum atomic E-state index is 13.0. The molecule has 2 amide bonds. The molecule has 1 N–H and O–H groups in total. The van der Waals surface area contributed by atoms with Gasteiger partial charge >= 0.3 is 0 Å². The zero-order valence-electron chi connectivity index (χ0n) is 19.9. The van der Waals surface area contributed by atoms with Gasteiger partial charge in [0.2, 0.25) is 11.8 Å². The number of carbonyl (C=O) groups excluding carboxylic acids is 2. The van der Waals surface area contributed by atoms with Crippen LogP contribution in [-0.4, -0.2) is 56.7 Å². The number of benzene rings is 2. The van der Waals surface area contributed by atoms with Crippen molar-refractivity contribution in [1.29, 1.82) is 0 Å². The minimum absolute atomic E-state index is 0.00313. The smallest absolute Gasteiger partial charge is 0.246 e. The summed E-state index contributed by atoms with van der Waals surface area (Å²) in [7, 11) is 1.66. The summed E-state index contributed by atoms with van der Waals surface area (Å²) in [6.45, 7) is 3.19. The molecule has 2 saturated heterocycles. The average molecular weight is 463 g/mol. The molecule has 4 rings (SSSR count). The van der Waals surface area contributed by atoms with Crippen molar-refractivity contribution < 1.29 is 19.1 Å². The fourth-order valence-electron chi connectivity index (χ4n) is 4.87. The summed E-state index contributed by atoms with van der Waals surface area (Å²) in [6.07, 6.45) is 6.60. The summed E-state index contributed by atoms with van der Waals surface area (Å²) in [5, 5.41) is 3.24. The second-order valence-electron chi connectivity index (χ2n) is 9.18. The van der Waals surface area contributed by atoms with E-state index in [0.717, 1.165) is 24.2 Å². The summed E-state index contributed by atoms with van der Waals surface area (Å²) < 4.78 is 10.9. The molecule has 0 spiro atoms. The Kier molecular flexibility index (Phi) is 8.01. The number of hydrogen-bond donors (Lipinski definition) is 1. The van der Waals surface area contributed by atoms with Gasteiger partial charge in [0.25, 0.3) is 0 Å². The topological polar surface area (TPSA) is 67.9 Å². The number of nitrogens with one attached hydrogen (secondary N) is 1. The molecule has 34 heavy (non-hydrogen) atoms. The van der Waals surface area contributed by atoms with Crippen molar-refractivity contribution in [3.8, 4) is 5.75 Å². The first kappa shape index (κ1) is 24.0. The third-order valence-corrected chi connectivity index (χ3v) is 7.15. The number of hydrogen-bond acceptors (Lipinski definition) is 4. The van der Waals surface area contributed by atoms with E-state index in [4.69, 9.17) is 9.47 Å². The fourth-order valence-corrected chi connectivity index (χ4v) is 4.87. The Labute approximate surface area is 201 Å². The predicted octanol–water partition coefficient (Wildman–Crippen LogP) is 3.81. The molecule has 2 aromatic carbocycles. The monoisotopic (exact) mass is 462 g/mol. The van der Waals surface area contributed by atoms with Crippen LogP contribution in [0.2, 0.25) is 0 Å². The summed E-state index contributed by atoms with van der Waals surface area (Å²) in [4.78, 5) is 27.4. The second kappa shape index (κ2) is 11.3. The molecule has 0 aliphatic carbocycles. The summed E-state index contributed by atoms with van der Waals surface area (Å²) in [5.41, 5.74) is 2.09. The van der Waals surface area contributed by atoms with Crippen LogP contribution in [-0.2, 0) is 19.7 Å². The first-order chi connectivity index (χ1) is 16.6. The van der Waals surface area contributed by atoms with Gasteiger partial charge in [-0.1, -0.05) is 42.5 Å².